The number of fused-ring (bicyclic) bond motifs is 1. The first-order valence-corrected chi connectivity index (χ1v) is 10.2. The fourth-order valence-corrected chi connectivity index (χ4v) is 3.53. The maximum absolute atomic E-state index is 13.0. The van der Waals surface area contributed by atoms with Gasteiger partial charge in [0, 0.05) is 11.3 Å². The largest absolute Gasteiger partial charge is 0.493 e. The molecule has 0 saturated heterocycles. The lowest BCUT2D eigenvalue weighted by Gasteiger charge is -2.09. The molecule has 0 fully saturated rings. The Hall–Kier alpha value is -3.66. The molecular formula is C21H18FN5O3S. The van der Waals surface area contributed by atoms with Crippen LogP contribution in [0.3, 0.4) is 0 Å². The standard InChI is InChI=1S/C21H18FN5O3S/c1-29-16-8-3-13(11-17(16)30-2)21-25-24-18-9-10-20(26-27(18)21)31-12-19(28)23-15-6-4-14(22)5-7-15/h3-11H,12H2,1-2H3,(H,23,28). The van der Waals surface area contributed by atoms with Crippen molar-refractivity contribution in [3.63, 3.8) is 0 Å². The number of carbonyl (C=O) groups is 1. The number of amides is 1. The van der Waals surface area contributed by atoms with E-state index < -0.39 is 0 Å². The van der Waals surface area contributed by atoms with Crippen LogP contribution in [0.4, 0.5) is 10.1 Å². The van der Waals surface area contributed by atoms with Crippen LogP contribution in [0.1, 0.15) is 0 Å². The van der Waals surface area contributed by atoms with Gasteiger partial charge in [-0.25, -0.2) is 4.39 Å². The maximum Gasteiger partial charge on any atom is 0.234 e. The molecule has 2 heterocycles. The number of nitrogens with zero attached hydrogens (tertiary/aromatic N) is 4. The lowest BCUT2D eigenvalue weighted by molar-refractivity contribution is -0.113. The molecule has 4 rings (SSSR count). The van der Waals surface area contributed by atoms with Crippen molar-refractivity contribution in [2.75, 3.05) is 25.3 Å². The van der Waals surface area contributed by atoms with Crippen LogP contribution in [-0.4, -0.2) is 45.7 Å². The van der Waals surface area contributed by atoms with E-state index in [2.05, 4.69) is 20.6 Å². The third-order valence-corrected chi connectivity index (χ3v) is 5.28. The van der Waals surface area contributed by atoms with Gasteiger partial charge in [-0.3, -0.25) is 4.79 Å². The molecule has 0 unspecified atom stereocenters. The minimum absolute atomic E-state index is 0.143. The van der Waals surface area contributed by atoms with Gasteiger partial charge in [0.15, 0.2) is 23.0 Å². The number of hydrogen-bond acceptors (Lipinski definition) is 7. The molecule has 10 heteroatoms. The summed E-state index contributed by atoms with van der Waals surface area (Å²) in [7, 11) is 3.13. The molecule has 0 bridgehead atoms. The molecule has 0 aliphatic heterocycles. The summed E-state index contributed by atoms with van der Waals surface area (Å²) in [6.07, 6.45) is 0. The van der Waals surface area contributed by atoms with E-state index in [4.69, 9.17) is 9.47 Å². The van der Waals surface area contributed by atoms with E-state index >= 15 is 0 Å². The lowest BCUT2D eigenvalue weighted by Crippen LogP contribution is -2.14. The minimum atomic E-state index is -0.357. The fraction of sp³-hybridized carbons (Fsp3) is 0.143. The van der Waals surface area contributed by atoms with Crippen LogP contribution in [0.2, 0.25) is 0 Å². The highest BCUT2D eigenvalue weighted by Gasteiger charge is 2.14. The average Bonchev–Trinajstić information content (AvgIpc) is 3.22. The van der Waals surface area contributed by atoms with Gasteiger partial charge < -0.3 is 14.8 Å². The highest BCUT2D eigenvalue weighted by atomic mass is 32.2. The number of aromatic nitrogens is 4. The molecule has 0 aliphatic rings. The number of nitrogens with one attached hydrogen (secondary N) is 1. The van der Waals surface area contributed by atoms with E-state index in [-0.39, 0.29) is 17.5 Å². The Kier molecular flexibility index (Phi) is 5.99. The van der Waals surface area contributed by atoms with Gasteiger partial charge in [-0.05, 0) is 54.6 Å². The second kappa shape index (κ2) is 9.00. The van der Waals surface area contributed by atoms with Crippen molar-refractivity contribution in [2.24, 2.45) is 0 Å². The molecule has 0 atom stereocenters. The number of thioether (sulfide) groups is 1. The number of benzene rings is 2. The van der Waals surface area contributed by atoms with Crippen LogP contribution in [0, 0.1) is 5.82 Å². The number of ether oxygens (including phenoxy) is 2. The number of halogens is 1. The molecule has 158 valence electrons. The molecule has 31 heavy (non-hydrogen) atoms. The van der Waals surface area contributed by atoms with Crippen molar-refractivity contribution in [2.45, 2.75) is 5.03 Å². The summed E-state index contributed by atoms with van der Waals surface area (Å²) in [5.41, 5.74) is 1.86. The third kappa shape index (κ3) is 4.58. The van der Waals surface area contributed by atoms with Crippen molar-refractivity contribution in [3.8, 4) is 22.9 Å². The number of methoxy groups -OCH3 is 2. The Balaban J connectivity index is 1.52. The van der Waals surface area contributed by atoms with Gasteiger partial charge in [0.2, 0.25) is 5.91 Å². The molecule has 0 radical (unpaired) electrons. The summed E-state index contributed by atoms with van der Waals surface area (Å²) in [6.45, 7) is 0. The quantitative estimate of drug-likeness (QED) is 0.439. The first kappa shape index (κ1) is 20.6. The Labute approximate surface area is 181 Å². The summed E-state index contributed by atoms with van der Waals surface area (Å²) in [6, 6.07) is 14.6. The normalized spacial score (nSPS) is 10.8. The van der Waals surface area contributed by atoms with E-state index in [1.807, 2.05) is 6.07 Å². The van der Waals surface area contributed by atoms with Crippen LogP contribution >= 0.6 is 11.8 Å². The topological polar surface area (TPSA) is 90.6 Å². The summed E-state index contributed by atoms with van der Waals surface area (Å²) < 4.78 is 25.2. The zero-order valence-corrected chi connectivity index (χ0v) is 17.5. The first-order valence-electron chi connectivity index (χ1n) is 9.20. The zero-order chi connectivity index (χ0) is 21.8. The van der Waals surface area contributed by atoms with Crippen molar-refractivity contribution in [1.82, 2.24) is 19.8 Å². The summed E-state index contributed by atoms with van der Waals surface area (Å²) in [5.74, 6) is 1.28. The predicted molar refractivity (Wildman–Crippen MR) is 115 cm³/mol. The zero-order valence-electron chi connectivity index (χ0n) is 16.7. The Morgan fingerprint density at radius 2 is 1.81 bits per heavy atom. The van der Waals surface area contributed by atoms with Gasteiger partial charge in [-0.15, -0.1) is 10.2 Å². The molecule has 2 aromatic heterocycles. The maximum atomic E-state index is 13.0. The minimum Gasteiger partial charge on any atom is -0.493 e. The Morgan fingerprint density at radius 3 is 2.55 bits per heavy atom. The van der Waals surface area contributed by atoms with Gasteiger partial charge in [0.1, 0.15) is 10.8 Å². The van der Waals surface area contributed by atoms with Gasteiger partial charge in [-0.1, -0.05) is 11.8 Å². The number of anilines is 1. The SMILES string of the molecule is COc1ccc(-c2nnc3ccc(SCC(=O)Nc4ccc(F)cc4)nn23)cc1OC. The molecular weight excluding hydrogens is 421 g/mol. The van der Waals surface area contributed by atoms with Gasteiger partial charge >= 0.3 is 0 Å². The second-order valence-electron chi connectivity index (χ2n) is 6.38. The molecule has 0 aliphatic carbocycles. The number of carbonyl (C=O) groups excluding carboxylic acids is 1. The molecule has 1 amide bonds. The van der Waals surface area contributed by atoms with E-state index in [1.165, 1.54) is 36.0 Å². The van der Waals surface area contributed by atoms with Crippen molar-refractivity contribution in [1.29, 1.82) is 0 Å². The van der Waals surface area contributed by atoms with Crippen LogP contribution in [0.15, 0.2) is 59.6 Å². The van der Waals surface area contributed by atoms with Crippen molar-refractivity contribution >= 4 is 29.0 Å². The summed E-state index contributed by atoms with van der Waals surface area (Å²) in [4.78, 5) is 12.2. The number of hydrogen-bond donors (Lipinski definition) is 1. The third-order valence-electron chi connectivity index (χ3n) is 4.36. The van der Waals surface area contributed by atoms with Crippen molar-refractivity contribution in [3.05, 3.63) is 60.4 Å². The highest BCUT2D eigenvalue weighted by molar-refractivity contribution is 7.99. The fourth-order valence-electron chi connectivity index (χ4n) is 2.87. The molecule has 1 N–H and O–H groups in total. The molecule has 8 nitrogen and oxygen atoms in total. The average molecular weight is 439 g/mol. The molecule has 0 saturated carbocycles. The smallest absolute Gasteiger partial charge is 0.234 e. The van der Waals surface area contributed by atoms with Crippen LogP contribution in [0.5, 0.6) is 11.5 Å². The summed E-state index contributed by atoms with van der Waals surface area (Å²) in [5, 5.41) is 16.3. The second-order valence-corrected chi connectivity index (χ2v) is 7.37. The Morgan fingerprint density at radius 1 is 1.03 bits per heavy atom. The van der Waals surface area contributed by atoms with E-state index in [0.717, 1.165) is 5.56 Å². The van der Waals surface area contributed by atoms with Crippen LogP contribution in [0.25, 0.3) is 17.0 Å². The molecule has 0 spiro atoms. The van der Waals surface area contributed by atoms with E-state index in [9.17, 15) is 9.18 Å². The summed E-state index contributed by atoms with van der Waals surface area (Å²) >= 11 is 1.27. The predicted octanol–water partition coefficient (Wildman–Crippen LogP) is 3.68. The van der Waals surface area contributed by atoms with E-state index in [0.29, 0.717) is 33.7 Å². The highest BCUT2D eigenvalue weighted by Crippen LogP contribution is 2.31. The van der Waals surface area contributed by atoms with Gasteiger partial charge in [0.25, 0.3) is 0 Å². The van der Waals surface area contributed by atoms with Gasteiger partial charge in [-0.2, -0.15) is 9.61 Å². The van der Waals surface area contributed by atoms with Crippen LogP contribution in [-0.2, 0) is 4.79 Å². The molecule has 4 aromatic rings. The molecule has 2 aromatic carbocycles. The van der Waals surface area contributed by atoms with Crippen LogP contribution < -0.4 is 14.8 Å². The monoisotopic (exact) mass is 439 g/mol. The van der Waals surface area contributed by atoms with E-state index in [1.54, 1.807) is 43.0 Å². The van der Waals surface area contributed by atoms with Gasteiger partial charge in [0.05, 0.1) is 20.0 Å². The van der Waals surface area contributed by atoms with Crippen molar-refractivity contribution < 1.29 is 18.7 Å². The number of rotatable bonds is 7. The lowest BCUT2D eigenvalue weighted by atomic mass is 10.2. The first-order chi connectivity index (χ1) is 15.1. The Bertz CT molecular complexity index is 1230.